The van der Waals surface area contributed by atoms with Gasteiger partial charge in [-0.05, 0) is 46.8 Å². The van der Waals surface area contributed by atoms with Crippen molar-refractivity contribution in [2.24, 2.45) is 5.92 Å². The normalized spacial score (nSPS) is 21.3. The Morgan fingerprint density at radius 2 is 2.09 bits per heavy atom. The van der Waals surface area contributed by atoms with E-state index < -0.39 is 0 Å². The Morgan fingerprint density at radius 3 is 2.64 bits per heavy atom. The summed E-state index contributed by atoms with van der Waals surface area (Å²) in [4.78, 5) is 9.25. The van der Waals surface area contributed by atoms with Crippen molar-refractivity contribution in [2.75, 3.05) is 41.4 Å². The van der Waals surface area contributed by atoms with Gasteiger partial charge >= 0.3 is 0 Å². The number of likely N-dealkylation sites (tertiary alicyclic amines) is 1. The number of nitrogens with zero attached hydrogens (tertiary/aromatic N) is 3. The molecule has 0 saturated carbocycles. The number of rotatable bonds is 6. The van der Waals surface area contributed by atoms with Gasteiger partial charge in [0.2, 0.25) is 0 Å². The van der Waals surface area contributed by atoms with Crippen LogP contribution in [0.1, 0.15) is 26.0 Å². The zero-order valence-corrected chi connectivity index (χ0v) is 14.7. The molecule has 1 aromatic heterocycles. The van der Waals surface area contributed by atoms with Crippen molar-refractivity contribution < 1.29 is 9.47 Å². The van der Waals surface area contributed by atoms with Crippen molar-refractivity contribution in [3.05, 3.63) is 18.0 Å². The zero-order chi connectivity index (χ0) is 16.3. The van der Waals surface area contributed by atoms with Crippen LogP contribution in [0.15, 0.2) is 12.3 Å². The summed E-state index contributed by atoms with van der Waals surface area (Å²) in [7, 11) is 7.68. The summed E-state index contributed by atoms with van der Waals surface area (Å²) in [6.07, 6.45) is 3.02. The third-order valence-electron chi connectivity index (χ3n) is 5.11. The van der Waals surface area contributed by atoms with Crippen LogP contribution in [0.25, 0.3) is 0 Å². The van der Waals surface area contributed by atoms with Gasteiger partial charge in [0.05, 0.1) is 14.2 Å². The Hall–Kier alpha value is -1.33. The lowest BCUT2D eigenvalue weighted by Gasteiger charge is -2.35. The van der Waals surface area contributed by atoms with Crippen molar-refractivity contribution in [3.63, 3.8) is 0 Å². The molecule has 2 rings (SSSR count). The number of hydrogen-bond acceptors (Lipinski definition) is 5. The van der Waals surface area contributed by atoms with Crippen LogP contribution in [0.5, 0.6) is 11.5 Å². The summed E-state index contributed by atoms with van der Waals surface area (Å²) in [6.45, 7) is 7.66. The van der Waals surface area contributed by atoms with Gasteiger partial charge in [-0.2, -0.15) is 0 Å². The Bertz CT molecular complexity index is 505. The first-order valence-corrected chi connectivity index (χ1v) is 7.85. The molecule has 0 unspecified atom stereocenters. The third kappa shape index (κ3) is 3.36. The Morgan fingerprint density at radius 1 is 1.36 bits per heavy atom. The Kier molecular flexibility index (Phi) is 5.29. The van der Waals surface area contributed by atoms with Crippen molar-refractivity contribution in [3.8, 4) is 11.5 Å². The molecule has 1 aromatic rings. The van der Waals surface area contributed by atoms with Gasteiger partial charge in [-0.25, -0.2) is 0 Å². The quantitative estimate of drug-likeness (QED) is 0.806. The van der Waals surface area contributed by atoms with E-state index >= 15 is 0 Å². The lowest BCUT2D eigenvalue weighted by molar-refractivity contribution is 0.139. The van der Waals surface area contributed by atoms with Gasteiger partial charge in [0.25, 0.3) is 0 Å². The van der Waals surface area contributed by atoms with Gasteiger partial charge in [0.15, 0.2) is 11.5 Å². The van der Waals surface area contributed by atoms with E-state index in [9.17, 15) is 0 Å². The van der Waals surface area contributed by atoms with Crippen molar-refractivity contribution in [2.45, 2.75) is 32.4 Å². The molecule has 5 heteroatoms. The molecule has 1 fully saturated rings. The minimum atomic E-state index is 0.250. The molecule has 0 amide bonds. The largest absolute Gasteiger partial charge is 0.493 e. The fourth-order valence-electron chi connectivity index (χ4n) is 3.28. The molecule has 1 aliphatic rings. The van der Waals surface area contributed by atoms with Gasteiger partial charge in [-0.1, -0.05) is 0 Å². The molecule has 22 heavy (non-hydrogen) atoms. The smallest absolute Gasteiger partial charge is 0.183 e. The van der Waals surface area contributed by atoms with Gasteiger partial charge in [0.1, 0.15) is 5.69 Å². The third-order valence-corrected chi connectivity index (χ3v) is 5.11. The van der Waals surface area contributed by atoms with E-state index in [4.69, 9.17) is 9.47 Å². The molecule has 0 aromatic carbocycles. The second-order valence-corrected chi connectivity index (χ2v) is 6.75. The Labute approximate surface area is 134 Å². The van der Waals surface area contributed by atoms with Crippen LogP contribution in [0.4, 0.5) is 0 Å². The molecule has 0 N–H and O–H groups in total. The lowest BCUT2D eigenvalue weighted by atomic mass is 9.88. The maximum absolute atomic E-state index is 5.47. The molecule has 1 aliphatic heterocycles. The van der Waals surface area contributed by atoms with Crippen molar-refractivity contribution >= 4 is 0 Å². The highest BCUT2D eigenvalue weighted by Gasteiger charge is 2.39. The van der Waals surface area contributed by atoms with Gasteiger partial charge in [-0.3, -0.25) is 4.98 Å². The molecule has 1 atom stereocenters. The highest BCUT2D eigenvalue weighted by molar-refractivity contribution is 5.42. The van der Waals surface area contributed by atoms with Gasteiger partial charge < -0.3 is 19.3 Å². The summed E-state index contributed by atoms with van der Waals surface area (Å²) in [5.41, 5.74) is 1.17. The second kappa shape index (κ2) is 6.84. The van der Waals surface area contributed by atoms with Crippen LogP contribution in [0.3, 0.4) is 0 Å². The van der Waals surface area contributed by atoms with Gasteiger partial charge in [-0.15, -0.1) is 0 Å². The van der Waals surface area contributed by atoms with E-state index in [1.54, 1.807) is 20.4 Å². The first-order valence-electron chi connectivity index (χ1n) is 7.85. The number of aromatic nitrogens is 1. The molecular weight excluding hydrogens is 278 g/mol. The molecule has 5 nitrogen and oxygen atoms in total. The second-order valence-electron chi connectivity index (χ2n) is 6.75. The average molecular weight is 307 g/mol. The predicted molar refractivity (Wildman–Crippen MR) is 88.5 cm³/mol. The van der Waals surface area contributed by atoms with E-state index in [1.165, 1.54) is 13.0 Å². The molecule has 124 valence electrons. The summed E-state index contributed by atoms with van der Waals surface area (Å²) < 4.78 is 10.8. The van der Waals surface area contributed by atoms with Crippen LogP contribution in [0, 0.1) is 5.92 Å². The first kappa shape index (κ1) is 17.0. The average Bonchev–Trinajstić information content (AvgIpc) is 2.73. The molecule has 0 bridgehead atoms. The monoisotopic (exact) mass is 307 g/mol. The highest BCUT2D eigenvalue weighted by Crippen LogP contribution is 2.34. The van der Waals surface area contributed by atoms with E-state index in [1.807, 2.05) is 6.07 Å². The number of methoxy groups -OCH3 is 2. The fourth-order valence-corrected chi connectivity index (χ4v) is 3.28. The molecule has 2 heterocycles. The standard InChI is InChI=1S/C17H29N3O2/c1-17(2)13(8-10-20(17)4)11-19(3)12-14-16(22-6)15(21-5)7-9-18-14/h7,9,13H,8,10-12H2,1-6H3/t13-/m0/s1. The zero-order valence-electron chi connectivity index (χ0n) is 14.7. The van der Waals surface area contributed by atoms with Crippen molar-refractivity contribution in [1.82, 2.24) is 14.8 Å². The highest BCUT2D eigenvalue weighted by atomic mass is 16.5. The molecule has 0 spiro atoms. The SMILES string of the molecule is COc1ccnc(CN(C)C[C@@H]2CCN(C)C2(C)C)c1OC. The van der Waals surface area contributed by atoms with Crippen LogP contribution < -0.4 is 9.47 Å². The molecule has 1 saturated heterocycles. The summed E-state index contributed by atoms with van der Waals surface area (Å²) in [6, 6.07) is 1.83. The van der Waals surface area contributed by atoms with E-state index in [-0.39, 0.29) is 5.54 Å². The Balaban J connectivity index is 2.05. The van der Waals surface area contributed by atoms with E-state index in [0.717, 1.165) is 30.3 Å². The summed E-state index contributed by atoms with van der Waals surface area (Å²) >= 11 is 0. The topological polar surface area (TPSA) is 37.8 Å². The number of hydrogen-bond donors (Lipinski definition) is 0. The molecule has 0 aliphatic carbocycles. The first-order chi connectivity index (χ1) is 10.4. The van der Waals surface area contributed by atoms with Crippen LogP contribution >= 0.6 is 0 Å². The van der Waals surface area contributed by atoms with Crippen LogP contribution in [-0.4, -0.2) is 61.7 Å². The maximum atomic E-state index is 5.47. The summed E-state index contributed by atoms with van der Waals surface area (Å²) in [5, 5.41) is 0. The number of ether oxygens (including phenoxy) is 2. The van der Waals surface area contributed by atoms with E-state index in [0.29, 0.717) is 5.92 Å². The molecule has 0 radical (unpaired) electrons. The molecular formula is C17H29N3O2. The predicted octanol–water partition coefficient (Wildman–Crippen LogP) is 2.26. The summed E-state index contributed by atoms with van der Waals surface area (Å²) in [5.74, 6) is 2.14. The number of pyridine rings is 1. The fraction of sp³-hybridized carbons (Fsp3) is 0.706. The van der Waals surface area contributed by atoms with Crippen LogP contribution in [0.2, 0.25) is 0 Å². The van der Waals surface area contributed by atoms with Gasteiger partial charge in [0, 0.05) is 30.9 Å². The minimum absolute atomic E-state index is 0.250. The lowest BCUT2D eigenvalue weighted by Crippen LogP contribution is -2.43. The van der Waals surface area contributed by atoms with E-state index in [2.05, 4.69) is 42.7 Å². The minimum Gasteiger partial charge on any atom is -0.493 e. The van der Waals surface area contributed by atoms with Crippen LogP contribution in [-0.2, 0) is 6.54 Å². The maximum Gasteiger partial charge on any atom is 0.183 e. The van der Waals surface area contributed by atoms with Crippen molar-refractivity contribution in [1.29, 1.82) is 0 Å².